The van der Waals surface area contributed by atoms with E-state index in [1.807, 2.05) is 67.1 Å². The molecular weight excluding hydrogens is 412 g/mol. The minimum absolute atomic E-state index is 0.163. The predicted octanol–water partition coefficient (Wildman–Crippen LogP) is 4.49. The molecule has 3 heterocycles. The number of hydrogen-bond acceptors (Lipinski definition) is 5. The smallest absolute Gasteiger partial charge is 0.264 e. The first kappa shape index (κ1) is 19.3. The maximum atomic E-state index is 13.6. The lowest BCUT2D eigenvalue weighted by Gasteiger charge is -2.21. The molecule has 0 aliphatic rings. The molecule has 31 heavy (non-hydrogen) atoms. The number of aryl methyl sites for hydroxylation is 1. The first-order valence-electron chi connectivity index (χ1n) is 9.83. The monoisotopic (exact) mass is 430 g/mol. The second kappa shape index (κ2) is 7.52. The summed E-state index contributed by atoms with van der Waals surface area (Å²) < 4.78 is 3.54. The van der Waals surface area contributed by atoms with Crippen molar-refractivity contribution in [3.05, 3.63) is 88.3 Å². The summed E-state index contributed by atoms with van der Waals surface area (Å²) in [6, 6.07) is 16.8. The van der Waals surface area contributed by atoms with Crippen molar-refractivity contribution in [1.29, 1.82) is 0 Å². The van der Waals surface area contributed by atoms with E-state index in [0.717, 1.165) is 22.4 Å². The number of nitrogens with one attached hydrogen (secondary N) is 1. The number of rotatable bonds is 4. The van der Waals surface area contributed by atoms with Crippen molar-refractivity contribution in [3.8, 4) is 5.69 Å². The first-order chi connectivity index (χ1) is 15.0. The molecule has 3 aromatic heterocycles. The van der Waals surface area contributed by atoms with E-state index in [-0.39, 0.29) is 11.6 Å². The summed E-state index contributed by atoms with van der Waals surface area (Å²) in [5.74, 6) is 0.608. The van der Waals surface area contributed by atoms with Gasteiger partial charge in [0.05, 0.1) is 22.8 Å². The Morgan fingerprint density at radius 1 is 1.03 bits per heavy atom. The van der Waals surface area contributed by atoms with E-state index < -0.39 is 0 Å². The Morgan fingerprint density at radius 2 is 1.84 bits per heavy atom. The molecule has 1 unspecified atom stereocenters. The van der Waals surface area contributed by atoms with Crippen LogP contribution in [0.4, 0.5) is 5.82 Å². The molecule has 0 fully saturated rings. The van der Waals surface area contributed by atoms with Crippen LogP contribution in [0.2, 0.25) is 5.02 Å². The van der Waals surface area contributed by atoms with Gasteiger partial charge in [0, 0.05) is 18.4 Å². The van der Waals surface area contributed by atoms with Gasteiger partial charge in [-0.3, -0.25) is 9.36 Å². The van der Waals surface area contributed by atoms with E-state index in [4.69, 9.17) is 11.6 Å². The topological polar surface area (TPSA) is 77.6 Å². The van der Waals surface area contributed by atoms with Gasteiger partial charge in [-0.15, -0.1) is 0 Å². The maximum Gasteiger partial charge on any atom is 0.264 e. The lowest BCUT2D eigenvalue weighted by Crippen LogP contribution is -2.25. The van der Waals surface area contributed by atoms with Crippen LogP contribution in [0.15, 0.2) is 72.0 Å². The Morgan fingerprint density at radius 3 is 2.65 bits per heavy atom. The third-order valence-corrected chi connectivity index (χ3v) is 5.65. The number of hydrogen-bond donors (Lipinski definition) is 1. The Bertz CT molecular complexity index is 1470. The fourth-order valence-corrected chi connectivity index (χ4v) is 4.09. The van der Waals surface area contributed by atoms with E-state index in [9.17, 15) is 4.79 Å². The number of halogens is 1. The van der Waals surface area contributed by atoms with E-state index in [0.29, 0.717) is 21.7 Å². The highest BCUT2D eigenvalue weighted by Gasteiger charge is 2.19. The Balaban J connectivity index is 1.70. The van der Waals surface area contributed by atoms with Gasteiger partial charge in [0.1, 0.15) is 11.8 Å². The van der Waals surface area contributed by atoms with Crippen molar-refractivity contribution in [2.45, 2.75) is 13.0 Å². The molecule has 0 saturated heterocycles. The number of para-hydroxylation sites is 1. The van der Waals surface area contributed by atoms with Gasteiger partial charge in [-0.2, -0.15) is 0 Å². The molecule has 7 nitrogen and oxygen atoms in total. The summed E-state index contributed by atoms with van der Waals surface area (Å²) >= 11 is 6.39. The van der Waals surface area contributed by atoms with Crippen LogP contribution in [0.3, 0.4) is 0 Å². The molecule has 2 aromatic carbocycles. The van der Waals surface area contributed by atoms with Crippen LogP contribution < -0.4 is 10.9 Å². The number of fused-ring (bicyclic) bond motifs is 2. The summed E-state index contributed by atoms with van der Waals surface area (Å²) in [6.07, 6.45) is 3.20. The van der Waals surface area contributed by atoms with E-state index in [1.165, 1.54) is 6.33 Å². The third kappa shape index (κ3) is 3.23. The van der Waals surface area contributed by atoms with E-state index in [2.05, 4.69) is 20.3 Å². The van der Waals surface area contributed by atoms with Gasteiger partial charge < -0.3 is 9.88 Å². The van der Waals surface area contributed by atoms with Crippen molar-refractivity contribution in [1.82, 2.24) is 24.1 Å². The zero-order valence-electron chi connectivity index (χ0n) is 17.0. The Hall–Kier alpha value is -3.71. The van der Waals surface area contributed by atoms with Crippen LogP contribution in [0, 0.1) is 0 Å². The highest BCUT2D eigenvalue weighted by Crippen LogP contribution is 2.28. The molecule has 5 rings (SSSR count). The highest BCUT2D eigenvalue weighted by atomic mass is 35.5. The fourth-order valence-electron chi connectivity index (χ4n) is 3.83. The molecule has 0 amide bonds. The molecule has 1 N–H and O–H groups in total. The van der Waals surface area contributed by atoms with Crippen LogP contribution in [-0.2, 0) is 7.05 Å². The maximum absolute atomic E-state index is 13.6. The quantitative estimate of drug-likeness (QED) is 0.454. The van der Waals surface area contributed by atoms with Gasteiger partial charge in [-0.25, -0.2) is 15.0 Å². The van der Waals surface area contributed by atoms with Crippen molar-refractivity contribution in [2.24, 2.45) is 7.05 Å². The lowest BCUT2D eigenvalue weighted by atomic mass is 10.1. The summed E-state index contributed by atoms with van der Waals surface area (Å²) in [5.41, 5.74) is 2.80. The number of imidazole rings is 1. The normalized spacial score (nSPS) is 12.4. The van der Waals surface area contributed by atoms with Gasteiger partial charge in [0.25, 0.3) is 5.56 Å². The van der Waals surface area contributed by atoms with Gasteiger partial charge >= 0.3 is 0 Å². The first-order valence-corrected chi connectivity index (χ1v) is 10.2. The van der Waals surface area contributed by atoms with Crippen LogP contribution in [0.5, 0.6) is 0 Å². The number of nitrogens with zero attached hydrogens (tertiary/aromatic N) is 5. The lowest BCUT2D eigenvalue weighted by molar-refractivity contribution is 0.774. The Kier molecular flexibility index (Phi) is 4.67. The standard InChI is InChI=1S/C23H19ClN6O/c1-14(28-21-20-22(26-12-25-21)29(2)13-27-20)18-11-15-7-6-10-17(24)19(15)23(31)30(18)16-8-4-3-5-9-16/h3-14H,1-2H3,(H,25,26,28). The summed E-state index contributed by atoms with van der Waals surface area (Å²) in [6.45, 7) is 1.99. The van der Waals surface area contributed by atoms with E-state index in [1.54, 1.807) is 17.0 Å². The zero-order valence-corrected chi connectivity index (χ0v) is 17.7. The molecule has 0 radical (unpaired) electrons. The molecule has 8 heteroatoms. The van der Waals surface area contributed by atoms with Crippen LogP contribution in [0.25, 0.3) is 27.6 Å². The molecule has 154 valence electrons. The number of anilines is 1. The fraction of sp³-hybridized carbons (Fsp3) is 0.130. The molecular formula is C23H19ClN6O. The molecule has 0 bridgehead atoms. The summed E-state index contributed by atoms with van der Waals surface area (Å²) in [4.78, 5) is 26.6. The van der Waals surface area contributed by atoms with Gasteiger partial charge in [0.15, 0.2) is 11.5 Å². The van der Waals surface area contributed by atoms with Crippen LogP contribution in [0.1, 0.15) is 18.7 Å². The molecule has 0 aliphatic carbocycles. The second-order valence-electron chi connectivity index (χ2n) is 7.37. The molecule has 0 spiro atoms. The van der Waals surface area contributed by atoms with E-state index >= 15 is 0 Å². The largest absolute Gasteiger partial charge is 0.360 e. The number of aromatic nitrogens is 5. The van der Waals surface area contributed by atoms with Crippen molar-refractivity contribution in [3.63, 3.8) is 0 Å². The molecule has 1 atom stereocenters. The molecule has 5 aromatic rings. The van der Waals surface area contributed by atoms with Crippen LogP contribution in [-0.4, -0.2) is 24.1 Å². The average Bonchev–Trinajstić information content (AvgIpc) is 3.16. The van der Waals surface area contributed by atoms with Crippen LogP contribution >= 0.6 is 11.6 Å². The second-order valence-corrected chi connectivity index (χ2v) is 7.77. The zero-order chi connectivity index (χ0) is 21.5. The molecule has 0 saturated carbocycles. The Labute approximate surface area is 183 Å². The van der Waals surface area contributed by atoms with Crippen molar-refractivity contribution >= 4 is 39.4 Å². The van der Waals surface area contributed by atoms with Gasteiger partial charge in [0.2, 0.25) is 0 Å². The average molecular weight is 431 g/mol. The molecule has 0 aliphatic heterocycles. The van der Waals surface area contributed by atoms with Gasteiger partial charge in [-0.1, -0.05) is 41.9 Å². The van der Waals surface area contributed by atoms with Gasteiger partial charge in [-0.05, 0) is 36.6 Å². The minimum Gasteiger partial charge on any atom is -0.360 e. The minimum atomic E-state index is -0.253. The number of pyridine rings is 1. The summed E-state index contributed by atoms with van der Waals surface area (Å²) in [5, 5.41) is 5.14. The summed E-state index contributed by atoms with van der Waals surface area (Å²) in [7, 11) is 1.88. The SMILES string of the molecule is CC(Nc1ncnc2c1ncn2C)c1cc2cccc(Cl)c2c(=O)n1-c1ccccc1. The number of benzene rings is 2. The third-order valence-electron chi connectivity index (χ3n) is 5.33. The van der Waals surface area contributed by atoms with Crippen molar-refractivity contribution in [2.75, 3.05) is 5.32 Å². The predicted molar refractivity (Wildman–Crippen MR) is 123 cm³/mol. The highest BCUT2D eigenvalue weighted by molar-refractivity contribution is 6.35. The van der Waals surface area contributed by atoms with Crippen molar-refractivity contribution < 1.29 is 0 Å².